The zero-order valence-electron chi connectivity index (χ0n) is 28.6. The highest BCUT2D eigenvalue weighted by Crippen LogP contribution is 2.19. The Morgan fingerprint density at radius 2 is 0.814 bits per heavy atom. The second-order valence-corrected chi connectivity index (χ2v) is 10.9. The highest BCUT2D eigenvalue weighted by molar-refractivity contribution is 5.45. The van der Waals surface area contributed by atoms with Gasteiger partial charge in [0, 0.05) is 32.8 Å². The minimum absolute atomic E-state index is 0. The summed E-state index contributed by atoms with van der Waals surface area (Å²) in [7, 11) is 0. The number of hydrogen-bond donors (Lipinski definition) is 0. The van der Waals surface area contributed by atoms with Gasteiger partial charge in [-0.1, -0.05) is 73.6 Å². The fraction of sp³-hybridized carbons (Fsp3) is 0.436. The first-order chi connectivity index (χ1) is 19.8. The first-order valence-electron chi connectivity index (χ1n) is 15.5. The standard InChI is InChI=1S/C18H22N2.C16H20N2.2C2H6.CH4/c1-11-10-12(2)18(19-13(11)3)20-14(4)16-8-6-7-9-17(16)15(20)5;1-9-8-10(2)16(17-13(9)5)18-14(6)11(3)12(4)15(18)7;2*1-2;/h10H,4-9H2,1-3H3;8H,6-7H2,1-5H3;2*1-2H3;1H4. The first kappa shape index (κ1) is 37.4. The normalized spacial score (nSPS) is 11.5. The third-order valence-electron chi connectivity index (χ3n) is 8.36. The molecule has 0 unspecified atom stereocenters. The summed E-state index contributed by atoms with van der Waals surface area (Å²) in [5.41, 5.74) is 12.1. The highest BCUT2D eigenvalue weighted by atomic mass is 15.1. The summed E-state index contributed by atoms with van der Waals surface area (Å²) < 4.78 is 4.23. The lowest BCUT2D eigenvalue weighted by Crippen LogP contribution is -2.26. The molecule has 1 aliphatic rings. The maximum atomic E-state index is 4.79. The van der Waals surface area contributed by atoms with Crippen molar-refractivity contribution in [1.29, 1.82) is 0 Å². The third-order valence-corrected chi connectivity index (χ3v) is 8.36. The fourth-order valence-electron chi connectivity index (χ4n) is 5.53. The summed E-state index contributed by atoms with van der Waals surface area (Å²) in [5, 5.41) is 4.14. The van der Waals surface area contributed by atoms with Crippen LogP contribution in [-0.4, -0.2) is 19.1 Å². The molecule has 5 rings (SSSR count). The molecule has 0 fully saturated rings. The zero-order valence-corrected chi connectivity index (χ0v) is 28.6. The Morgan fingerprint density at radius 3 is 1.14 bits per heavy atom. The molecule has 4 heteroatoms. The van der Waals surface area contributed by atoms with Crippen LogP contribution in [0.5, 0.6) is 0 Å². The average molecular weight is 583 g/mol. The minimum atomic E-state index is 0. The number of aryl methyl sites for hydroxylation is 6. The number of rotatable bonds is 2. The molecule has 0 atom stereocenters. The third kappa shape index (κ3) is 7.29. The van der Waals surface area contributed by atoms with Crippen molar-refractivity contribution in [3.63, 3.8) is 0 Å². The monoisotopic (exact) mass is 582 g/mol. The lowest BCUT2D eigenvalue weighted by Gasteiger charge is -2.11. The van der Waals surface area contributed by atoms with Crippen molar-refractivity contribution >= 4 is 26.3 Å². The molecule has 4 aromatic rings. The van der Waals surface area contributed by atoms with Gasteiger partial charge in [-0.05, 0) is 126 Å². The Labute approximate surface area is 262 Å². The van der Waals surface area contributed by atoms with E-state index < -0.39 is 0 Å². The number of pyridine rings is 2. The second kappa shape index (κ2) is 15.7. The lowest BCUT2D eigenvalue weighted by molar-refractivity contribution is 0.686. The van der Waals surface area contributed by atoms with Gasteiger partial charge >= 0.3 is 0 Å². The van der Waals surface area contributed by atoms with Crippen LogP contribution in [0.25, 0.3) is 38.0 Å². The van der Waals surface area contributed by atoms with E-state index in [9.17, 15) is 0 Å². The van der Waals surface area contributed by atoms with Crippen LogP contribution in [0, 0.1) is 55.4 Å². The smallest absolute Gasteiger partial charge is 0.140 e. The van der Waals surface area contributed by atoms with Crippen LogP contribution in [-0.2, 0) is 12.8 Å². The molecule has 0 N–H and O–H groups in total. The fourth-order valence-corrected chi connectivity index (χ4v) is 5.53. The van der Waals surface area contributed by atoms with E-state index in [0.29, 0.717) is 0 Å². The number of aromatic nitrogens is 4. The molecule has 0 radical (unpaired) electrons. The Bertz CT molecular complexity index is 1690. The van der Waals surface area contributed by atoms with Crippen LogP contribution in [0.3, 0.4) is 0 Å². The molecule has 0 bridgehead atoms. The second-order valence-electron chi connectivity index (χ2n) is 10.9. The Kier molecular flexibility index (Phi) is 13.6. The van der Waals surface area contributed by atoms with Crippen molar-refractivity contribution in [2.24, 2.45) is 0 Å². The number of nitrogens with zero attached hydrogens (tertiary/aromatic N) is 4. The zero-order chi connectivity index (χ0) is 32.0. The minimum Gasteiger partial charge on any atom is -0.295 e. The van der Waals surface area contributed by atoms with Gasteiger partial charge in [0.2, 0.25) is 0 Å². The molecule has 4 nitrogen and oxygen atoms in total. The van der Waals surface area contributed by atoms with E-state index in [2.05, 4.69) is 96.0 Å². The molecular formula is C39H58N4. The van der Waals surface area contributed by atoms with E-state index in [1.165, 1.54) is 51.8 Å². The van der Waals surface area contributed by atoms with Crippen LogP contribution in [0.15, 0.2) is 12.1 Å². The Hall–Kier alpha value is -3.66. The van der Waals surface area contributed by atoms with Gasteiger partial charge in [0.1, 0.15) is 11.6 Å². The van der Waals surface area contributed by atoms with Gasteiger partial charge in [-0.25, -0.2) is 9.97 Å². The molecule has 0 aliphatic heterocycles. The summed E-state index contributed by atoms with van der Waals surface area (Å²) >= 11 is 0. The van der Waals surface area contributed by atoms with Gasteiger partial charge in [0.25, 0.3) is 0 Å². The molecule has 0 saturated carbocycles. The Morgan fingerprint density at radius 1 is 0.512 bits per heavy atom. The van der Waals surface area contributed by atoms with Crippen molar-refractivity contribution < 1.29 is 0 Å². The number of hydrogen-bond acceptors (Lipinski definition) is 2. The van der Waals surface area contributed by atoms with Gasteiger partial charge < -0.3 is 0 Å². The SMILES string of the molecule is C.C=c1c(C)c(C)c(=C)n1-c1nc(C)c(C)cc1C.C=c1c2c(c(=C)n1-c1nc(C)c(C)cc1C)CCCC2.CC.CC. The van der Waals surface area contributed by atoms with Crippen LogP contribution in [0.4, 0.5) is 0 Å². The van der Waals surface area contributed by atoms with Crippen molar-refractivity contribution in [3.8, 4) is 11.6 Å². The van der Waals surface area contributed by atoms with Crippen molar-refractivity contribution in [2.75, 3.05) is 0 Å². The summed E-state index contributed by atoms with van der Waals surface area (Å²) in [6, 6.07) is 4.37. The molecule has 234 valence electrons. The number of fused-ring (bicyclic) bond motifs is 1. The largest absolute Gasteiger partial charge is 0.295 e. The summed E-state index contributed by atoms with van der Waals surface area (Å²) in [4.78, 5) is 9.49. The van der Waals surface area contributed by atoms with E-state index in [0.717, 1.165) is 62.8 Å². The molecule has 0 spiro atoms. The van der Waals surface area contributed by atoms with Crippen LogP contribution >= 0.6 is 0 Å². The summed E-state index contributed by atoms with van der Waals surface area (Å²) in [6.07, 6.45) is 4.79. The molecule has 0 saturated heterocycles. The molecule has 4 aromatic heterocycles. The van der Waals surface area contributed by atoms with Crippen LogP contribution in [0.1, 0.15) is 104 Å². The summed E-state index contributed by atoms with van der Waals surface area (Å²) in [6.45, 7) is 41.6. The molecule has 43 heavy (non-hydrogen) atoms. The molecule has 4 heterocycles. The lowest BCUT2D eigenvalue weighted by atomic mass is 9.95. The molecular weight excluding hydrogens is 524 g/mol. The first-order valence-corrected chi connectivity index (χ1v) is 15.5. The van der Waals surface area contributed by atoms with Gasteiger partial charge in [-0.15, -0.1) is 0 Å². The van der Waals surface area contributed by atoms with E-state index in [1.807, 2.05) is 34.6 Å². The van der Waals surface area contributed by atoms with Gasteiger partial charge in [0.15, 0.2) is 0 Å². The van der Waals surface area contributed by atoms with Gasteiger partial charge in [0.05, 0.1) is 0 Å². The predicted molar refractivity (Wildman–Crippen MR) is 192 cm³/mol. The highest BCUT2D eigenvalue weighted by Gasteiger charge is 2.18. The molecule has 0 amide bonds. The van der Waals surface area contributed by atoms with Crippen molar-refractivity contribution in [3.05, 3.63) is 89.4 Å². The van der Waals surface area contributed by atoms with E-state index in [-0.39, 0.29) is 7.43 Å². The average Bonchev–Trinajstić information content (AvgIpc) is 3.34. The van der Waals surface area contributed by atoms with E-state index in [1.54, 1.807) is 0 Å². The van der Waals surface area contributed by atoms with Gasteiger partial charge in [-0.2, -0.15) is 0 Å². The maximum absolute atomic E-state index is 4.79. The van der Waals surface area contributed by atoms with E-state index in [4.69, 9.17) is 9.97 Å². The van der Waals surface area contributed by atoms with E-state index >= 15 is 0 Å². The molecule has 1 aliphatic carbocycles. The van der Waals surface area contributed by atoms with Crippen molar-refractivity contribution in [1.82, 2.24) is 19.1 Å². The Balaban J connectivity index is 0.000000380. The maximum Gasteiger partial charge on any atom is 0.140 e. The summed E-state index contributed by atoms with van der Waals surface area (Å²) in [5.74, 6) is 1.95. The van der Waals surface area contributed by atoms with Crippen LogP contribution in [0.2, 0.25) is 0 Å². The van der Waals surface area contributed by atoms with Crippen molar-refractivity contribution in [2.45, 2.75) is 116 Å². The van der Waals surface area contributed by atoms with Crippen LogP contribution < -0.4 is 21.4 Å². The topological polar surface area (TPSA) is 35.6 Å². The quantitative estimate of drug-likeness (QED) is 0.247. The predicted octanol–water partition coefficient (Wildman–Crippen LogP) is 7.42. The van der Waals surface area contributed by atoms with Gasteiger partial charge in [-0.3, -0.25) is 9.13 Å². The molecule has 0 aromatic carbocycles.